The highest BCUT2D eigenvalue weighted by Gasteiger charge is 2.09. The second kappa shape index (κ2) is 7.71. The number of carbonyl (C=O) groups is 1. The van der Waals surface area contributed by atoms with Crippen molar-refractivity contribution in [1.29, 1.82) is 0 Å². The van der Waals surface area contributed by atoms with Crippen LogP contribution in [0.5, 0.6) is 0 Å². The molecular formula is C19H15N3O3S. The standard InChI is InChI=1S/C19H15N3O3S/c1-13-2-4-14(5-3-13)6-11-18(23)21-19-20-17(12-26-19)15-7-9-16(10-8-15)22(24)25/h2-12H,1H3,(H,20,21,23)/b11-6+. The van der Waals surface area contributed by atoms with Gasteiger partial charge in [-0.2, -0.15) is 0 Å². The molecule has 0 atom stereocenters. The van der Waals surface area contributed by atoms with Gasteiger partial charge in [-0.15, -0.1) is 11.3 Å². The van der Waals surface area contributed by atoms with Gasteiger partial charge in [0.1, 0.15) is 0 Å². The molecule has 7 heteroatoms. The molecule has 0 saturated heterocycles. The molecule has 1 heterocycles. The first-order valence-electron chi connectivity index (χ1n) is 7.77. The molecule has 1 amide bonds. The van der Waals surface area contributed by atoms with E-state index in [0.29, 0.717) is 10.8 Å². The fourth-order valence-electron chi connectivity index (χ4n) is 2.21. The lowest BCUT2D eigenvalue weighted by molar-refractivity contribution is -0.384. The van der Waals surface area contributed by atoms with Crippen molar-refractivity contribution in [2.24, 2.45) is 0 Å². The number of non-ortho nitro benzene ring substituents is 1. The second-order valence-electron chi connectivity index (χ2n) is 5.58. The van der Waals surface area contributed by atoms with Crippen molar-refractivity contribution in [3.8, 4) is 11.3 Å². The van der Waals surface area contributed by atoms with Crippen LogP contribution >= 0.6 is 11.3 Å². The quantitative estimate of drug-likeness (QED) is 0.404. The number of anilines is 1. The van der Waals surface area contributed by atoms with E-state index in [0.717, 1.165) is 16.7 Å². The molecule has 1 aromatic heterocycles. The molecule has 1 N–H and O–H groups in total. The molecule has 0 aliphatic carbocycles. The summed E-state index contributed by atoms with van der Waals surface area (Å²) in [5.74, 6) is -0.268. The molecule has 0 fully saturated rings. The molecule has 0 aliphatic heterocycles. The van der Waals surface area contributed by atoms with Crippen molar-refractivity contribution in [2.75, 3.05) is 5.32 Å². The first-order chi connectivity index (χ1) is 12.5. The van der Waals surface area contributed by atoms with Gasteiger partial charge in [-0.3, -0.25) is 20.2 Å². The fourth-order valence-corrected chi connectivity index (χ4v) is 2.94. The Kier molecular flexibility index (Phi) is 5.19. The van der Waals surface area contributed by atoms with E-state index in [1.807, 2.05) is 31.2 Å². The molecule has 0 spiro atoms. The Balaban J connectivity index is 1.65. The lowest BCUT2D eigenvalue weighted by Crippen LogP contribution is -2.07. The van der Waals surface area contributed by atoms with Crippen LogP contribution in [0.3, 0.4) is 0 Å². The second-order valence-corrected chi connectivity index (χ2v) is 6.43. The van der Waals surface area contributed by atoms with Crippen LogP contribution in [0.2, 0.25) is 0 Å². The third-order valence-electron chi connectivity index (χ3n) is 3.61. The minimum absolute atomic E-state index is 0.0266. The summed E-state index contributed by atoms with van der Waals surface area (Å²) >= 11 is 1.30. The number of aryl methyl sites for hydroxylation is 1. The molecule has 26 heavy (non-hydrogen) atoms. The van der Waals surface area contributed by atoms with E-state index in [4.69, 9.17) is 0 Å². The van der Waals surface area contributed by atoms with E-state index >= 15 is 0 Å². The van der Waals surface area contributed by atoms with Gasteiger partial charge in [0.2, 0.25) is 5.91 Å². The van der Waals surface area contributed by atoms with Gasteiger partial charge in [-0.1, -0.05) is 29.8 Å². The highest BCUT2D eigenvalue weighted by Crippen LogP contribution is 2.26. The number of nitro groups is 1. The summed E-state index contributed by atoms with van der Waals surface area (Å²) in [5, 5.41) is 15.7. The number of benzene rings is 2. The number of carbonyl (C=O) groups excluding carboxylic acids is 1. The first-order valence-corrected chi connectivity index (χ1v) is 8.65. The minimum Gasteiger partial charge on any atom is -0.298 e. The summed E-state index contributed by atoms with van der Waals surface area (Å²) in [6, 6.07) is 14.0. The van der Waals surface area contributed by atoms with Crippen LogP contribution in [0.15, 0.2) is 60.0 Å². The molecule has 3 rings (SSSR count). The molecule has 130 valence electrons. The molecule has 0 bridgehead atoms. The van der Waals surface area contributed by atoms with Gasteiger partial charge >= 0.3 is 0 Å². The van der Waals surface area contributed by atoms with Crippen LogP contribution in [0.25, 0.3) is 17.3 Å². The maximum atomic E-state index is 12.0. The van der Waals surface area contributed by atoms with Gasteiger partial charge < -0.3 is 0 Å². The topological polar surface area (TPSA) is 85.1 Å². The summed E-state index contributed by atoms with van der Waals surface area (Å²) < 4.78 is 0. The summed E-state index contributed by atoms with van der Waals surface area (Å²) in [6.45, 7) is 2.01. The molecule has 2 aromatic carbocycles. The van der Waals surface area contributed by atoms with Crippen molar-refractivity contribution < 1.29 is 9.72 Å². The molecule has 0 unspecified atom stereocenters. The lowest BCUT2D eigenvalue weighted by Gasteiger charge is -1.98. The highest BCUT2D eigenvalue weighted by atomic mass is 32.1. The molecule has 0 radical (unpaired) electrons. The van der Waals surface area contributed by atoms with Gasteiger partial charge in [0.15, 0.2) is 5.13 Å². The number of hydrogen-bond donors (Lipinski definition) is 1. The summed E-state index contributed by atoms with van der Waals surface area (Å²) in [6.07, 6.45) is 3.19. The average Bonchev–Trinajstić information content (AvgIpc) is 3.10. The number of aromatic nitrogens is 1. The minimum atomic E-state index is -0.448. The predicted octanol–water partition coefficient (Wildman–Crippen LogP) is 4.68. The molecule has 6 nitrogen and oxygen atoms in total. The number of nitro benzene ring substituents is 1. The van der Waals surface area contributed by atoms with Crippen molar-refractivity contribution in [3.63, 3.8) is 0 Å². The van der Waals surface area contributed by atoms with E-state index in [-0.39, 0.29) is 11.6 Å². The normalized spacial score (nSPS) is 10.8. The van der Waals surface area contributed by atoms with E-state index < -0.39 is 4.92 Å². The van der Waals surface area contributed by atoms with Crippen LogP contribution in [-0.2, 0) is 4.79 Å². The van der Waals surface area contributed by atoms with Crippen molar-refractivity contribution in [3.05, 3.63) is 81.2 Å². The Hall–Kier alpha value is -3.32. The SMILES string of the molecule is Cc1ccc(/C=C/C(=O)Nc2nc(-c3ccc([N+](=O)[O-])cc3)cs2)cc1. The summed E-state index contributed by atoms with van der Waals surface area (Å²) in [5.41, 5.74) is 3.54. The Morgan fingerprint density at radius 2 is 1.85 bits per heavy atom. The van der Waals surface area contributed by atoms with E-state index in [1.54, 1.807) is 23.6 Å². The first kappa shape index (κ1) is 17.5. The smallest absolute Gasteiger partial charge is 0.269 e. The van der Waals surface area contributed by atoms with Crippen LogP contribution in [0, 0.1) is 17.0 Å². The Bertz CT molecular complexity index is 960. The van der Waals surface area contributed by atoms with Gasteiger partial charge in [0, 0.05) is 29.2 Å². The average molecular weight is 365 g/mol. The Morgan fingerprint density at radius 3 is 2.50 bits per heavy atom. The number of rotatable bonds is 5. The van der Waals surface area contributed by atoms with Crippen molar-refractivity contribution in [1.82, 2.24) is 4.98 Å². The largest absolute Gasteiger partial charge is 0.298 e. The van der Waals surface area contributed by atoms with Crippen LogP contribution in [-0.4, -0.2) is 15.8 Å². The van der Waals surface area contributed by atoms with Gasteiger partial charge in [-0.25, -0.2) is 4.98 Å². The monoisotopic (exact) mass is 365 g/mol. The Labute approximate surface area is 154 Å². The van der Waals surface area contributed by atoms with E-state index in [1.165, 1.54) is 29.5 Å². The zero-order valence-corrected chi connectivity index (χ0v) is 14.7. The number of thiazole rings is 1. The third-order valence-corrected chi connectivity index (χ3v) is 4.37. The number of hydrogen-bond acceptors (Lipinski definition) is 5. The van der Waals surface area contributed by atoms with E-state index in [2.05, 4.69) is 10.3 Å². The molecule has 3 aromatic rings. The van der Waals surface area contributed by atoms with Gasteiger partial charge in [0.25, 0.3) is 5.69 Å². The number of nitrogens with one attached hydrogen (secondary N) is 1. The van der Waals surface area contributed by atoms with Crippen molar-refractivity contribution >= 4 is 34.1 Å². The maximum absolute atomic E-state index is 12.0. The molecule has 0 aliphatic rings. The van der Waals surface area contributed by atoms with Crippen LogP contribution in [0.1, 0.15) is 11.1 Å². The number of amides is 1. The van der Waals surface area contributed by atoms with Crippen LogP contribution < -0.4 is 5.32 Å². The predicted molar refractivity (Wildman–Crippen MR) is 103 cm³/mol. The maximum Gasteiger partial charge on any atom is 0.269 e. The number of nitrogens with zero attached hydrogens (tertiary/aromatic N) is 2. The molecular weight excluding hydrogens is 350 g/mol. The summed E-state index contributed by atoms with van der Waals surface area (Å²) in [7, 11) is 0. The zero-order chi connectivity index (χ0) is 18.5. The van der Waals surface area contributed by atoms with Crippen LogP contribution in [0.4, 0.5) is 10.8 Å². The highest BCUT2D eigenvalue weighted by molar-refractivity contribution is 7.14. The Morgan fingerprint density at radius 1 is 1.15 bits per heavy atom. The van der Waals surface area contributed by atoms with E-state index in [9.17, 15) is 14.9 Å². The van der Waals surface area contributed by atoms with Crippen molar-refractivity contribution in [2.45, 2.75) is 6.92 Å². The van der Waals surface area contributed by atoms with Gasteiger partial charge in [-0.05, 0) is 30.7 Å². The third kappa shape index (κ3) is 4.40. The van der Waals surface area contributed by atoms with Gasteiger partial charge in [0.05, 0.1) is 10.6 Å². The zero-order valence-electron chi connectivity index (χ0n) is 13.9. The summed E-state index contributed by atoms with van der Waals surface area (Å²) in [4.78, 5) is 26.6. The fraction of sp³-hybridized carbons (Fsp3) is 0.0526. The lowest BCUT2D eigenvalue weighted by atomic mass is 10.1. The molecule has 0 saturated carbocycles.